The first-order valence-electron chi connectivity index (χ1n) is 14.1. The van der Waals surface area contributed by atoms with Crippen LogP contribution in [-0.2, 0) is 6.42 Å². The van der Waals surface area contributed by atoms with Crippen molar-refractivity contribution in [3.05, 3.63) is 22.3 Å². The van der Waals surface area contributed by atoms with Crippen molar-refractivity contribution in [3.8, 4) is 11.5 Å². The lowest BCUT2D eigenvalue weighted by atomic mass is 9.72. The van der Waals surface area contributed by atoms with Gasteiger partial charge < -0.3 is 20.1 Å². The second-order valence-electron chi connectivity index (χ2n) is 12.7. The molecule has 2 rings (SSSR count). The fourth-order valence-corrected chi connectivity index (χ4v) is 6.05. The van der Waals surface area contributed by atoms with E-state index in [0.717, 1.165) is 59.1 Å². The van der Waals surface area contributed by atoms with Crippen molar-refractivity contribution in [1.29, 1.82) is 0 Å². The maximum absolute atomic E-state index is 10.7. The Labute approximate surface area is 215 Å². The van der Waals surface area contributed by atoms with E-state index in [1.165, 1.54) is 45.4 Å². The summed E-state index contributed by atoms with van der Waals surface area (Å²) < 4.78 is 6.62. The second-order valence-corrected chi connectivity index (χ2v) is 12.7. The van der Waals surface area contributed by atoms with Gasteiger partial charge >= 0.3 is 0 Å². The molecule has 0 spiro atoms. The summed E-state index contributed by atoms with van der Waals surface area (Å²) >= 11 is 0. The molecule has 4 nitrogen and oxygen atoms in total. The number of rotatable bonds is 13. The summed E-state index contributed by atoms with van der Waals surface area (Å²) in [7, 11) is 0. The van der Waals surface area contributed by atoms with Crippen LogP contribution in [0.5, 0.6) is 11.5 Å². The molecular formula is C31H54O4. The van der Waals surface area contributed by atoms with E-state index in [1.807, 2.05) is 27.7 Å². The molecular weight excluding hydrogens is 436 g/mol. The summed E-state index contributed by atoms with van der Waals surface area (Å²) in [5.41, 5.74) is 2.80. The fraction of sp³-hybridized carbons (Fsp3) is 0.806. The lowest BCUT2D eigenvalue weighted by Crippen LogP contribution is -2.55. The van der Waals surface area contributed by atoms with Crippen LogP contribution in [0.15, 0.2) is 0 Å². The molecule has 1 unspecified atom stereocenters. The zero-order valence-electron chi connectivity index (χ0n) is 24.1. The Balaban J connectivity index is 1.96. The molecule has 4 heteroatoms. The predicted octanol–water partition coefficient (Wildman–Crippen LogP) is 7.77. The molecule has 202 valence electrons. The number of ether oxygens (including phenoxy) is 1. The summed E-state index contributed by atoms with van der Waals surface area (Å²) in [6, 6.07) is 0. The third kappa shape index (κ3) is 7.86. The molecule has 0 aliphatic carbocycles. The van der Waals surface area contributed by atoms with Gasteiger partial charge in [-0.05, 0) is 88.3 Å². The first-order valence-corrected chi connectivity index (χ1v) is 14.1. The number of aromatic hydroxyl groups is 1. The molecule has 0 saturated heterocycles. The molecule has 0 bridgehead atoms. The van der Waals surface area contributed by atoms with E-state index in [9.17, 15) is 15.3 Å². The zero-order chi connectivity index (χ0) is 26.6. The van der Waals surface area contributed by atoms with Gasteiger partial charge in [-0.25, -0.2) is 0 Å². The van der Waals surface area contributed by atoms with Crippen LogP contribution in [-0.4, -0.2) is 26.7 Å². The van der Waals surface area contributed by atoms with Crippen LogP contribution in [0.3, 0.4) is 0 Å². The Morgan fingerprint density at radius 2 is 1.37 bits per heavy atom. The number of benzene rings is 1. The zero-order valence-corrected chi connectivity index (χ0v) is 24.1. The first-order chi connectivity index (χ1) is 16.2. The van der Waals surface area contributed by atoms with Gasteiger partial charge in [-0.2, -0.15) is 0 Å². The van der Waals surface area contributed by atoms with Crippen molar-refractivity contribution in [1.82, 2.24) is 0 Å². The van der Waals surface area contributed by atoms with Crippen LogP contribution < -0.4 is 4.74 Å². The Morgan fingerprint density at radius 1 is 0.857 bits per heavy atom. The molecule has 1 aliphatic heterocycles. The average molecular weight is 491 g/mol. The second kappa shape index (κ2) is 12.3. The highest BCUT2D eigenvalue weighted by atomic mass is 16.5. The van der Waals surface area contributed by atoms with Crippen LogP contribution in [0.1, 0.15) is 122 Å². The standard InChI is InChI=1S/C31H54O4/c1-20(2)13-10-14-21(3)15-11-16-22(4)17-12-18-30(8)27(31(9,33)34)19-26-25(7)28(32)23(5)24(6)29(26)35-30/h20-22,27,32-34H,10-19H2,1-9H3/t21-,22+,27?,30-/m0/s1. The van der Waals surface area contributed by atoms with Crippen LogP contribution in [0, 0.1) is 44.4 Å². The first kappa shape index (κ1) is 30.0. The molecule has 0 amide bonds. The van der Waals surface area contributed by atoms with Gasteiger partial charge in [-0.15, -0.1) is 0 Å². The number of hydrogen-bond acceptors (Lipinski definition) is 4. The Morgan fingerprint density at radius 3 is 1.89 bits per heavy atom. The van der Waals surface area contributed by atoms with E-state index >= 15 is 0 Å². The van der Waals surface area contributed by atoms with Gasteiger partial charge in [0.05, 0.1) is 5.92 Å². The normalized spacial score (nSPS) is 22.1. The van der Waals surface area contributed by atoms with Crippen molar-refractivity contribution < 1.29 is 20.1 Å². The predicted molar refractivity (Wildman–Crippen MR) is 146 cm³/mol. The van der Waals surface area contributed by atoms with Crippen molar-refractivity contribution >= 4 is 0 Å². The molecule has 3 N–H and O–H groups in total. The van der Waals surface area contributed by atoms with Gasteiger partial charge in [0.15, 0.2) is 5.79 Å². The van der Waals surface area contributed by atoms with Gasteiger partial charge in [0, 0.05) is 5.56 Å². The number of aliphatic hydroxyl groups is 2. The van der Waals surface area contributed by atoms with E-state index in [2.05, 4.69) is 27.7 Å². The molecule has 0 aromatic heterocycles. The molecule has 1 aliphatic rings. The van der Waals surface area contributed by atoms with Crippen LogP contribution in [0.25, 0.3) is 0 Å². The smallest absolute Gasteiger partial charge is 0.166 e. The average Bonchev–Trinajstić information content (AvgIpc) is 2.74. The highest BCUT2D eigenvalue weighted by molar-refractivity contribution is 5.58. The quantitative estimate of drug-likeness (QED) is 0.247. The van der Waals surface area contributed by atoms with E-state index in [1.54, 1.807) is 0 Å². The number of hydrogen-bond donors (Lipinski definition) is 3. The van der Waals surface area contributed by atoms with Gasteiger partial charge in [0.25, 0.3) is 0 Å². The van der Waals surface area contributed by atoms with Crippen molar-refractivity contribution in [2.75, 3.05) is 0 Å². The molecule has 1 heterocycles. The topological polar surface area (TPSA) is 69.9 Å². The Hall–Kier alpha value is -1.26. The van der Waals surface area contributed by atoms with Crippen LogP contribution in [0.2, 0.25) is 0 Å². The van der Waals surface area contributed by atoms with Crippen molar-refractivity contribution in [2.45, 2.75) is 138 Å². The van der Waals surface area contributed by atoms with Crippen molar-refractivity contribution in [3.63, 3.8) is 0 Å². The molecule has 4 atom stereocenters. The number of phenolic OH excluding ortho intramolecular Hbond substituents is 1. The minimum absolute atomic E-state index is 0.285. The molecule has 1 aromatic carbocycles. The third-order valence-corrected chi connectivity index (χ3v) is 8.72. The SMILES string of the molecule is Cc1c(C)c2c(c(C)c1O)CC(C(C)(O)O)[C@](C)(CCC[C@H](C)CCC[C@@H](C)CCCC(C)C)O2. The molecule has 35 heavy (non-hydrogen) atoms. The van der Waals surface area contributed by atoms with Gasteiger partial charge in [-0.1, -0.05) is 72.6 Å². The third-order valence-electron chi connectivity index (χ3n) is 8.72. The highest BCUT2D eigenvalue weighted by Crippen LogP contribution is 2.49. The van der Waals surface area contributed by atoms with Crippen LogP contribution >= 0.6 is 0 Å². The Bertz CT molecular complexity index is 822. The van der Waals surface area contributed by atoms with E-state index in [-0.39, 0.29) is 5.75 Å². The minimum Gasteiger partial charge on any atom is -0.507 e. The van der Waals surface area contributed by atoms with E-state index in [4.69, 9.17) is 4.74 Å². The van der Waals surface area contributed by atoms with Crippen molar-refractivity contribution in [2.24, 2.45) is 23.7 Å². The lowest BCUT2D eigenvalue weighted by Gasteiger charge is -2.47. The fourth-order valence-electron chi connectivity index (χ4n) is 6.05. The number of phenols is 1. The largest absolute Gasteiger partial charge is 0.507 e. The lowest BCUT2D eigenvalue weighted by molar-refractivity contribution is -0.228. The monoisotopic (exact) mass is 490 g/mol. The van der Waals surface area contributed by atoms with Gasteiger partial charge in [0.2, 0.25) is 0 Å². The summed E-state index contributed by atoms with van der Waals surface area (Å²) in [6.45, 7) is 18.7. The highest BCUT2D eigenvalue weighted by Gasteiger charge is 2.50. The maximum atomic E-state index is 10.7. The molecule has 0 saturated carbocycles. The minimum atomic E-state index is -1.86. The Kier molecular flexibility index (Phi) is 10.5. The molecule has 0 radical (unpaired) electrons. The molecule has 1 aromatic rings. The summed E-state index contributed by atoms with van der Waals surface area (Å²) in [6.07, 6.45) is 11.3. The number of fused-ring (bicyclic) bond motifs is 1. The summed E-state index contributed by atoms with van der Waals surface area (Å²) in [4.78, 5) is 0. The van der Waals surface area contributed by atoms with E-state index < -0.39 is 17.3 Å². The summed E-state index contributed by atoms with van der Waals surface area (Å²) in [5, 5.41) is 31.9. The summed E-state index contributed by atoms with van der Waals surface area (Å²) in [5.74, 6) is 1.07. The van der Waals surface area contributed by atoms with Crippen LogP contribution in [0.4, 0.5) is 0 Å². The van der Waals surface area contributed by atoms with E-state index in [0.29, 0.717) is 12.3 Å². The molecule has 0 fully saturated rings. The van der Waals surface area contributed by atoms with Gasteiger partial charge in [-0.3, -0.25) is 0 Å². The van der Waals surface area contributed by atoms with Gasteiger partial charge in [0.1, 0.15) is 17.1 Å². The maximum Gasteiger partial charge on any atom is 0.166 e.